The van der Waals surface area contributed by atoms with Crippen LogP contribution in [-0.2, 0) is 0 Å². The van der Waals surface area contributed by atoms with E-state index < -0.39 is 0 Å². The first kappa shape index (κ1) is 20.3. The Hall–Kier alpha value is -3.40. The van der Waals surface area contributed by atoms with Gasteiger partial charge in [-0.05, 0) is 24.3 Å². The molecule has 3 aromatic rings. The maximum absolute atomic E-state index is 12.5. The smallest absolute Gasteiger partial charge is 0.164 e. The summed E-state index contributed by atoms with van der Waals surface area (Å²) in [6, 6.07) is 26.3. The fourth-order valence-electron chi connectivity index (χ4n) is 3.17. The second-order valence-electron chi connectivity index (χ2n) is 6.76. The van der Waals surface area contributed by atoms with E-state index in [2.05, 4.69) is 4.90 Å². The molecular weight excluding hydrogens is 362 g/mol. The Labute approximate surface area is 171 Å². The molecule has 0 aliphatic heterocycles. The zero-order valence-corrected chi connectivity index (χ0v) is 16.6. The number of methoxy groups -OCH3 is 1. The average molecular weight is 387 g/mol. The molecule has 0 radical (unpaired) electrons. The molecule has 3 rings (SSSR count). The highest BCUT2D eigenvalue weighted by molar-refractivity contribution is 5.97. The van der Waals surface area contributed by atoms with Crippen LogP contribution >= 0.6 is 0 Å². The first-order valence-corrected chi connectivity index (χ1v) is 9.73. The molecule has 4 nitrogen and oxygen atoms in total. The molecule has 0 bridgehead atoms. The summed E-state index contributed by atoms with van der Waals surface area (Å²) in [4.78, 5) is 27.1. The second-order valence-corrected chi connectivity index (χ2v) is 6.76. The summed E-state index contributed by atoms with van der Waals surface area (Å²) in [5.41, 5.74) is 2.39. The zero-order chi connectivity index (χ0) is 20.5. The van der Waals surface area contributed by atoms with Crippen LogP contribution in [0.4, 0.5) is 5.69 Å². The van der Waals surface area contributed by atoms with Crippen molar-refractivity contribution in [1.29, 1.82) is 0 Å². The van der Waals surface area contributed by atoms with Crippen LogP contribution in [-0.4, -0.2) is 31.8 Å². The summed E-state index contributed by atoms with van der Waals surface area (Å²) in [5, 5.41) is 0. The number of ketones is 2. The number of Topliss-reactive ketones (excluding diaryl/α,β-unsaturated/α-hetero) is 2. The van der Waals surface area contributed by atoms with Gasteiger partial charge in [-0.3, -0.25) is 9.59 Å². The first-order chi connectivity index (χ1) is 14.2. The molecule has 148 valence electrons. The minimum absolute atomic E-state index is 0.0958. The molecule has 0 unspecified atom stereocenters. The van der Waals surface area contributed by atoms with Crippen molar-refractivity contribution >= 4 is 17.3 Å². The number of rotatable bonds is 10. The molecule has 0 aromatic heterocycles. The molecule has 0 saturated heterocycles. The van der Waals surface area contributed by atoms with Gasteiger partial charge in [0, 0.05) is 42.7 Å². The molecule has 0 heterocycles. The zero-order valence-electron chi connectivity index (χ0n) is 16.6. The summed E-state index contributed by atoms with van der Waals surface area (Å²) in [6.45, 7) is 1.09. The Morgan fingerprint density at radius 2 is 1.14 bits per heavy atom. The first-order valence-electron chi connectivity index (χ1n) is 9.73. The van der Waals surface area contributed by atoms with Crippen molar-refractivity contribution in [2.45, 2.75) is 12.8 Å². The fourth-order valence-corrected chi connectivity index (χ4v) is 3.17. The highest BCUT2D eigenvalue weighted by Gasteiger charge is 2.14. The van der Waals surface area contributed by atoms with Crippen LogP contribution in [0.2, 0.25) is 0 Å². The van der Waals surface area contributed by atoms with E-state index in [-0.39, 0.29) is 11.6 Å². The summed E-state index contributed by atoms with van der Waals surface area (Å²) in [5.74, 6) is 0.964. The van der Waals surface area contributed by atoms with Crippen LogP contribution < -0.4 is 9.64 Å². The maximum Gasteiger partial charge on any atom is 0.164 e. The maximum atomic E-state index is 12.5. The van der Waals surface area contributed by atoms with E-state index in [1.807, 2.05) is 84.9 Å². The van der Waals surface area contributed by atoms with Gasteiger partial charge in [0.2, 0.25) is 0 Å². The third kappa shape index (κ3) is 5.79. The molecule has 0 amide bonds. The third-order valence-electron chi connectivity index (χ3n) is 4.85. The quantitative estimate of drug-likeness (QED) is 0.457. The predicted molar refractivity (Wildman–Crippen MR) is 116 cm³/mol. The van der Waals surface area contributed by atoms with E-state index in [1.165, 1.54) is 0 Å². The molecule has 0 spiro atoms. The van der Waals surface area contributed by atoms with E-state index in [0.29, 0.717) is 37.1 Å². The molecule has 0 N–H and O–H groups in total. The fraction of sp³-hybridized carbons (Fsp3) is 0.200. The minimum Gasteiger partial charge on any atom is -0.497 e. The van der Waals surface area contributed by atoms with E-state index in [0.717, 1.165) is 11.4 Å². The summed E-state index contributed by atoms with van der Waals surface area (Å²) < 4.78 is 5.23. The number of carbonyl (C=O) groups is 2. The van der Waals surface area contributed by atoms with Crippen LogP contribution in [0.5, 0.6) is 5.75 Å². The topological polar surface area (TPSA) is 46.6 Å². The SMILES string of the molecule is COc1ccc(N(CCC(=O)c2ccccc2)CCC(=O)c2ccccc2)cc1. The molecule has 0 saturated carbocycles. The Morgan fingerprint density at radius 1 is 0.690 bits per heavy atom. The summed E-state index contributed by atoms with van der Waals surface area (Å²) >= 11 is 0. The van der Waals surface area contributed by atoms with Gasteiger partial charge in [-0.2, -0.15) is 0 Å². The standard InChI is InChI=1S/C25H25NO3/c1-29-23-14-12-22(13-15-23)26(18-16-24(27)20-8-4-2-5-9-20)19-17-25(28)21-10-6-3-7-11-21/h2-15H,16-19H2,1H3. The van der Waals surface area contributed by atoms with Crippen molar-refractivity contribution in [3.05, 3.63) is 96.1 Å². The molecule has 0 aliphatic carbocycles. The van der Waals surface area contributed by atoms with Crippen molar-refractivity contribution in [2.75, 3.05) is 25.1 Å². The Morgan fingerprint density at radius 3 is 1.55 bits per heavy atom. The van der Waals surface area contributed by atoms with E-state index in [9.17, 15) is 9.59 Å². The molecule has 0 aliphatic rings. The van der Waals surface area contributed by atoms with Crippen molar-refractivity contribution in [1.82, 2.24) is 0 Å². The van der Waals surface area contributed by atoms with Crippen molar-refractivity contribution in [3.63, 3.8) is 0 Å². The molecule has 0 atom stereocenters. The normalized spacial score (nSPS) is 10.4. The molecule has 3 aromatic carbocycles. The molecular formula is C25H25NO3. The van der Waals surface area contributed by atoms with E-state index in [1.54, 1.807) is 7.11 Å². The van der Waals surface area contributed by atoms with Crippen LogP contribution in [0.15, 0.2) is 84.9 Å². The van der Waals surface area contributed by atoms with Gasteiger partial charge in [0.05, 0.1) is 7.11 Å². The van der Waals surface area contributed by atoms with Gasteiger partial charge in [-0.1, -0.05) is 60.7 Å². The lowest BCUT2D eigenvalue weighted by molar-refractivity contribution is 0.0983. The average Bonchev–Trinajstić information content (AvgIpc) is 2.80. The van der Waals surface area contributed by atoms with Gasteiger partial charge in [-0.15, -0.1) is 0 Å². The molecule has 4 heteroatoms. The number of anilines is 1. The number of hydrogen-bond donors (Lipinski definition) is 0. The lowest BCUT2D eigenvalue weighted by atomic mass is 10.1. The van der Waals surface area contributed by atoms with Gasteiger partial charge in [0.1, 0.15) is 5.75 Å². The monoisotopic (exact) mass is 387 g/mol. The lowest BCUT2D eigenvalue weighted by Gasteiger charge is -2.24. The number of hydrogen-bond acceptors (Lipinski definition) is 4. The third-order valence-corrected chi connectivity index (χ3v) is 4.85. The molecule has 0 fully saturated rings. The number of ether oxygens (including phenoxy) is 1. The Kier molecular flexibility index (Phi) is 7.17. The number of carbonyl (C=O) groups excluding carboxylic acids is 2. The van der Waals surface area contributed by atoms with Crippen LogP contribution in [0.1, 0.15) is 33.6 Å². The van der Waals surface area contributed by atoms with Crippen molar-refractivity contribution in [3.8, 4) is 5.75 Å². The largest absolute Gasteiger partial charge is 0.497 e. The number of nitrogens with zero attached hydrogens (tertiary/aromatic N) is 1. The highest BCUT2D eigenvalue weighted by atomic mass is 16.5. The second kappa shape index (κ2) is 10.2. The van der Waals surface area contributed by atoms with Crippen molar-refractivity contribution < 1.29 is 14.3 Å². The van der Waals surface area contributed by atoms with Crippen LogP contribution in [0, 0.1) is 0 Å². The Bertz CT molecular complexity index is 866. The summed E-state index contributed by atoms with van der Waals surface area (Å²) in [7, 11) is 1.63. The van der Waals surface area contributed by atoms with Gasteiger partial charge in [-0.25, -0.2) is 0 Å². The number of benzene rings is 3. The van der Waals surface area contributed by atoms with Crippen molar-refractivity contribution in [2.24, 2.45) is 0 Å². The van der Waals surface area contributed by atoms with Gasteiger partial charge >= 0.3 is 0 Å². The van der Waals surface area contributed by atoms with Gasteiger partial charge in [0.25, 0.3) is 0 Å². The van der Waals surface area contributed by atoms with Gasteiger partial charge in [0.15, 0.2) is 11.6 Å². The van der Waals surface area contributed by atoms with Crippen LogP contribution in [0.25, 0.3) is 0 Å². The highest BCUT2D eigenvalue weighted by Crippen LogP contribution is 2.20. The van der Waals surface area contributed by atoms with Crippen LogP contribution in [0.3, 0.4) is 0 Å². The minimum atomic E-state index is 0.0958. The van der Waals surface area contributed by atoms with E-state index >= 15 is 0 Å². The van der Waals surface area contributed by atoms with E-state index in [4.69, 9.17) is 4.74 Å². The predicted octanol–water partition coefficient (Wildman–Crippen LogP) is 5.05. The summed E-state index contributed by atoms with van der Waals surface area (Å²) in [6.07, 6.45) is 0.769. The molecule has 29 heavy (non-hydrogen) atoms. The lowest BCUT2D eigenvalue weighted by Crippen LogP contribution is -2.28. The van der Waals surface area contributed by atoms with Gasteiger partial charge < -0.3 is 9.64 Å². The Balaban J connectivity index is 1.68.